The van der Waals surface area contributed by atoms with Gasteiger partial charge in [0.2, 0.25) is 0 Å². The van der Waals surface area contributed by atoms with Crippen LogP contribution in [0.4, 0.5) is 5.69 Å². The van der Waals surface area contributed by atoms with Crippen molar-refractivity contribution >= 4 is 5.69 Å². The Morgan fingerprint density at radius 1 is 1.65 bits per heavy atom. The van der Waals surface area contributed by atoms with Gasteiger partial charge in [-0.3, -0.25) is 15.1 Å². The van der Waals surface area contributed by atoms with Gasteiger partial charge in [-0.2, -0.15) is 0 Å². The number of ether oxygens (including phenoxy) is 1. The Labute approximate surface area is 116 Å². The molecule has 1 aliphatic heterocycles. The summed E-state index contributed by atoms with van der Waals surface area (Å²) >= 11 is 0. The Bertz CT molecular complexity index is 495. The second-order valence-electron chi connectivity index (χ2n) is 5.05. The number of aromatic nitrogens is 1. The highest BCUT2D eigenvalue weighted by Crippen LogP contribution is 2.40. The minimum absolute atomic E-state index is 0.111. The molecule has 2 heterocycles. The van der Waals surface area contributed by atoms with Crippen LogP contribution in [0.3, 0.4) is 0 Å². The van der Waals surface area contributed by atoms with Crippen LogP contribution in [0.15, 0.2) is 18.5 Å². The zero-order chi connectivity index (χ0) is 14.9. The Kier molecular flexibility index (Phi) is 4.03. The molecule has 1 aromatic heterocycles. The number of rotatable bonds is 3. The number of aliphatic hydroxyl groups is 2. The predicted molar refractivity (Wildman–Crippen MR) is 70.0 cm³/mol. The van der Waals surface area contributed by atoms with Gasteiger partial charge in [0.15, 0.2) is 0 Å². The maximum atomic E-state index is 11.0. The first-order valence-electron chi connectivity index (χ1n) is 6.54. The van der Waals surface area contributed by atoms with Gasteiger partial charge in [-0.15, -0.1) is 0 Å². The molecule has 1 aliphatic rings. The molecule has 0 aromatic carbocycles. The zero-order valence-electron chi connectivity index (χ0n) is 11.4. The third-order valence-electron chi connectivity index (χ3n) is 4.03. The Balaban J connectivity index is 2.31. The first-order chi connectivity index (χ1) is 9.40. The van der Waals surface area contributed by atoms with Crippen LogP contribution in [0.2, 0.25) is 0 Å². The van der Waals surface area contributed by atoms with E-state index in [9.17, 15) is 20.3 Å². The molecular weight excluding hydrogens is 264 g/mol. The molecule has 1 aromatic rings. The lowest BCUT2D eigenvalue weighted by atomic mass is 9.81. The van der Waals surface area contributed by atoms with Gasteiger partial charge in [0, 0.05) is 12.6 Å². The van der Waals surface area contributed by atoms with Crippen LogP contribution >= 0.6 is 0 Å². The van der Waals surface area contributed by atoms with Gasteiger partial charge in [-0.25, -0.2) is 0 Å². The van der Waals surface area contributed by atoms with Crippen molar-refractivity contribution in [2.24, 2.45) is 0 Å². The van der Waals surface area contributed by atoms with Crippen LogP contribution in [0.5, 0.6) is 0 Å². The monoisotopic (exact) mass is 282 g/mol. The highest BCUT2D eigenvalue weighted by molar-refractivity contribution is 5.39. The van der Waals surface area contributed by atoms with Crippen molar-refractivity contribution in [2.75, 3.05) is 0 Å². The quantitative estimate of drug-likeness (QED) is 0.640. The minimum Gasteiger partial charge on any atom is -0.390 e. The normalized spacial score (nSPS) is 33.9. The van der Waals surface area contributed by atoms with Gasteiger partial charge in [0.1, 0.15) is 11.8 Å². The minimum atomic E-state index is -1.32. The molecule has 110 valence electrons. The van der Waals surface area contributed by atoms with E-state index in [-0.39, 0.29) is 12.1 Å². The van der Waals surface area contributed by atoms with E-state index in [1.807, 2.05) is 0 Å². The topological polar surface area (TPSA) is 106 Å². The van der Waals surface area contributed by atoms with Gasteiger partial charge >= 0.3 is 0 Å². The number of nitro groups is 1. The molecule has 1 saturated heterocycles. The highest BCUT2D eigenvalue weighted by Gasteiger charge is 2.47. The summed E-state index contributed by atoms with van der Waals surface area (Å²) in [6, 6.07) is 1.51. The number of hydrogen-bond donors (Lipinski definition) is 2. The molecule has 4 atom stereocenters. The summed E-state index contributed by atoms with van der Waals surface area (Å²) in [4.78, 5) is 14.2. The van der Waals surface area contributed by atoms with Gasteiger partial charge in [0.05, 0.1) is 28.8 Å². The number of nitrogens with zero attached hydrogens (tertiary/aromatic N) is 2. The van der Waals surface area contributed by atoms with Gasteiger partial charge in [-0.1, -0.05) is 6.92 Å². The molecular formula is C13H18N2O5. The summed E-state index contributed by atoms with van der Waals surface area (Å²) in [7, 11) is 0. The number of pyridine rings is 1. The summed E-state index contributed by atoms with van der Waals surface area (Å²) < 4.78 is 5.70. The number of hydrogen-bond acceptors (Lipinski definition) is 6. The molecule has 0 bridgehead atoms. The first-order valence-corrected chi connectivity index (χ1v) is 6.54. The van der Waals surface area contributed by atoms with Crippen molar-refractivity contribution in [1.29, 1.82) is 0 Å². The second-order valence-corrected chi connectivity index (χ2v) is 5.05. The maximum Gasteiger partial charge on any atom is 0.293 e. The fourth-order valence-electron chi connectivity index (χ4n) is 2.64. The average molecular weight is 282 g/mol. The molecule has 7 heteroatoms. The summed E-state index contributed by atoms with van der Waals surface area (Å²) in [6.07, 6.45) is 0.831. The van der Waals surface area contributed by atoms with E-state index < -0.39 is 28.8 Å². The predicted octanol–water partition coefficient (Wildman–Crippen LogP) is 1.34. The lowest BCUT2D eigenvalue weighted by Crippen LogP contribution is -2.55. The Morgan fingerprint density at radius 2 is 2.35 bits per heavy atom. The van der Waals surface area contributed by atoms with Crippen molar-refractivity contribution in [2.45, 2.75) is 50.6 Å². The van der Waals surface area contributed by atoms with E-state index >= 15 is 0 Å². The van der Waals surface area contributed by atoms with Crippen molar-refractivity contribution in [3.05, 3.63) is 34.1 Å². The smallest absolute Gasteiger partial charge is 0.293 e. The summed E-state index contributed by atoms with van der Waals surface area (Å²) in [6.45, 7) is 3.42. The molecule has 1 fully saturated rings. The molecule has 1 unspecified atom stereocenters. The van der Waals surface area contributed by atoms with E-state index in [0.717, 1.165) is 6.20 Å². The van der Waals surface area contributed by atoms with E-state index in [1.54, 1.807) is 13.8 Å². The van der Waals surface area contributed by atoms with Crippen LogP contribution in [0.25, 0.3) is 0 Å². The molecule has 7 nitrogen and oxygen atoms in total. The van der Waals surface area contributed by atoms with Crippen LogP contribution in [-0.2, 0) is 4.74 Å². The fourth-order valence-corrected chi connectivity index (χ4v) is 2.64. The van der Waals surface area contributed by atoms with Crippen molar-refractivity contribution in [1.82, 2.24) is 4.98 Å². The van der Waals surface area contributed by atoms with Crippen LogP contribution in [0.1, 0.15) is 38.4 Å². The lowest BCUT2D eigenvalue weighted by molar-refractivity contribution is -0.387. The Morgan fingerprint density at radius 3 is 2.90 bits per heavy atom. The third kappa shape index (κ3) is 2.39. The summed E-state index contributed by atoms with van der Waals surface area (Å²) in [5, 5.41) is 31.5. The van der Waals surface area contributed by atoms with Gasteiger partial charge in [0.25, 0.3) is 5.69 Å². The maximum absolute atomic E-state index is 11.0. The largest absolute Gasteiger partial charge is 0.390 e. The van der Waals surface area contributed by atoms with E-state index in [1.165, 1.54) is 12.3 Å². The summed E-state index contributed by atoms with van der Waals surface area (Å²) in [5.74, 6) is 0. The highest BCUT2D eigenvalue weighted by atomic mass is 16.6. The van der Waals surface area contributed by atoms with E-state index in [2.05, 4.69) is 4.98 Å². The third-order valence-corrected chi connectivity index (χ3v) is 4.03. The van der Waals surface area contributed by atoms with Crippen molar-refractivity contribution < 1.29 is 19.9 Å². The molecule has 20 heavy (non-hydrogen) atoms. The molecule has 0 spiro atoms. The molecule has 0 aliphatic carbocycles. The SMILES string of the molecule is CC[C@@]1(O)C(O)C[C@H](c2ccncc2[N+](=O)[O-])O[C@@H]1C. The lowest BCUT2D eigenvalue weighted by Gasteiger charge is -2.44. The zero-order valence-corrected chi connectivity index (χ0v) is 11.4. The molecule has 0 saturated carbocycles. The molecule has 2 N–H and O–H groups in total. The number of aliphatic hydroxyl groups excluding tert-OH is 1. The summed E-state index contributed by atoms with van der Waals surface area (Å²) in [5.41, 5.74) is -1.09. The van der Waals surface area contributed by atoms with E-state index in [4.69, 9.17) is 4.74 Å². The fraction of sp³-hybridized carbons (Fsp3) is 0.615. The van der Waals surface area contributed by atoms with Crippen LogP contribution < -0.4 is 0 Å². The standard InChI is InChI=1S/C13H18N2O5/c1-3-13(17)8(2)20-11(6-12(13)16)9-4-5-14-7-10(9)15(18)19/h4-5,7-8,11-12,16-17H,3,6H2,1-2H3/t8-,11-,12?,13+/m1/s1. The second kappa shape index (κ2) is 5.43. The molecule has 0 amide bonds. The van der Waals surface area contributed by atoms with Crippen molar-refractivity contribution in [3.8, 4) is 0 Å². The molecule has 2 rings (SSSR count). The van der Waals surface area contributed by atoms with E-state index in [0.29, 0.717) is 12.0 Å². The van der Waals surface area contributed by atoms with Gasteiger partial charge in [-0.05, 0) is 19.4 Å². The molecule has 0 radical (unpaired) electrons. The van der Waals surface area contributed by atoms with Crippen LogP contribution in [0, 0.1) is 10.1 Å². The first kappa shape index (κ1) is 14.8. The average Bonchev–Trinajstić information content (AvgIpc) is 2.44. The van der Waals surface area contributed by atoms with Gasteiger partial charge < -0.3 is 14.9 Å². The van der Waals surface area contributed by atoms with Crippen LogP contribution in [-0.4, -0.2) is 37.9 Å². The Hall–Kier alpha value is -1.57. The van der Waals surface area contributed by atoms with Crippen molar-refractivity contribution in [3.63, 3.8) is 0 Å².